The predicted octanol–water partition coefficient (Wildman–Crippen LogP) is 1.81. The molecule has 0 radical (unpaired) electrons. The number of imidazole rings is 1. The number of nitrogens with zero attached hydrogens (tertiary/aromatic N) is 2. The van der Waals surface area contributed by atoms with Crippen molar-refractivity contribution >= 4 is 5.91 Å². The molecule has 0 aromatic carbocycles. The Morgan fingerprint density at radius 1 is 1.47 bits per heavy atom. The minimum atomic E-state index is 0.0761. The van der Waals surface area contributed by atoms with Crippen molar-refractivity contribution in [1.29, 1.82) is 0 Å². The number of amides is 1. The third kappa shape index (κ3) is 1.89. The van der Waals surface area contributed by atoms with E-state index in [2.05, 4.69) is 23.8 Å². The smallest absolute Gasteiger partial charge is 0.272 e. The Morgan fingerprint density at radius 3 is 2.67 bits per heavy atom. The van der Waals surface area contributed by atoms with Crippen molar-refractivity contribution < 1.29 is 4.79 Å². The average molecular weight is 207 g/mol. The van der Waals surface area contributed by atoms with Crippen molar-refractivity contribution in [1.82, 2.24) is 14.9 Å². The lowest BCUT2D eigenvalue weighted by Crippen LogP contribution is -2.47. The van der Waals surface area contributed by atoms with Crippen LogP contribution >= 0.6 is 0 Å². The standard InChI is InChI=1S/C11H17N3O/c1-8-4-3-5-9(2)14(8)11(15)10-6-12-7-13-10/h6-9H,3-5H2,1-2H3,(H,12,13). The summed E-state index contributed by atoms with van der Waals surface area (Å²) in [4.78, 5) is 20.9. The molecule has 2 unspecified atom stereocenters. The Hall–Kier alpha value is -1.32. The monoisotopic (exact) mass is 207 g/mol. The number of piperidine rings is 1. The number of aromatic nitrogens is 2. The minimum absolute atomic E-state index is 0.0761. The van der Waals surface area contributed by atoms with E-state index in [-0.39, 0.29) is 5.91 Å². The summed E-state index contributed by atoms with van der Waals surface area (Å²) < 4.78 is 0. The van der Waals surface area contributed by atoms with Crippen LogP contribution in [0.25, 0.3) is 0 Å². The number of H-pyrrole nitrogens is 1. The molecule has 1 aliphatic heterocycles. The van der Waals surface area contributed by atoms with Crippen molar-refractivity contribution in [2.45, 2.75) is 45.2 Å². The molecule has 0 aliphatic carbocycles. The van der Waals surface area contributed by atoms with E-state index in [9.17, 15) is 4.79 Å². The van der Waals surface area contributed by atoms with E-state index in [0.717, 1.165) is 12.8 Å². The van der Waals surface area contributed by atoms with Gasteiger partial charge in [0.2, 0.25) is 0 Å². The number of rotatable bonds is 1. The minimum Gasteiger partial charge on any atom is -0.341 e. The zero-order valence-electron chi connectivity index (χ0n) is 9.23. The number of aromatic amines is 1. The molecule has 4 heteroatoms. The van der Waals surface area contributed by atoms with E-state index < -0.39 is 0 Å². The van der Waals surface area contributed by atoms with E-state index in [1.165, 1.54) is 6.42 Å². The summed E-state index contributed by atoms with van der Waals surface area (Å²) in [5.74, 6) is 0.0761. The summed E-state index contributed by atoms with van der Waals surface area (Å²) in [6, 6.07) is 0.675. The number of nitrogens with one attached hydrogen (secondary N) is 1. The highest BCUT2D eigenvalue weighted by Gasteiger charge is 2.29. The Bertz CT molecular complexity index is 324. The maximum Gasteiger partial charge on any atom is 0.272 e. The molecule has 1 aromatic heterocycles. The first-order valence-corrected chi connectivity index (χ1v) is 5.51. The molecule has 1 fully saturated rings. The Morgan fingerprint density at radius 2 is 2.13 bits per heavy atom. The molecular formula is C11H17N3O. The molecule has 2 heterocycles. The molecule has 2 rings (SSSR count). The van der Waals surface area contributed by atoms with Crippen LogP contribution in [0.5, 0.6) is 0 Å². The maximum absolute atomic E-state index is 12.1. The van der Waals surface area contributed by atoms with Gasteiger partial charge in [-0.2, -0.15) is 0 Å². The molecule has 1 amide bonds. The van der Waals surface area contributed by atoms with Crippen LogP contribution in [-0.2, 0) is 0 Å². The fourth-order valence-electron chi connectivity index (χ4n) is 2.33. The molecule has 1 saturated heterocycles. The molecule has 0 spiro atoms. The molecule has 1 aliphatic rings. The first-order chi connectivity index (χ1) is 7.20. The molecule has 82 valence electrons. The van der Waals surface area contributed by atoms with Gasteiger partial charge < -0.3 is 9.88 Å². The van der Waals surface area contributed by atoms with E-state index in [0.29, 0.717) is 17.8 Å². The normalized spacial score (nSPS) is 26.7. The summed E-state index contributed by atoms with van der Waals surface area (Å²) in [6.07, 6.45) is 6.56. The lowest BCUT2D eigenvalue weighted by Gasteiger charge is -2.38. The van der Waals surface area contributed by atoms with Gasteiger partial charge in [0, 0.05) is 12.1 Å². The van der Waals surface area contributed by atoms with Gasteiger partial charge in [-0.25, -0.2) is 4.98 Å². The third-order valence-corrected chi connectivity index (χ3v) is 3.16. The number of hydrogen-bond donors (Lipinski definition) is 1. The van der Waals surface area contributed by atoms with E-state index in [1.54, 1.807) is 12.5 Å². The second kappa shape index (κ2) is 4.04. The largest absolute Gasteiger partial charge is 0.341 e. The second-order valence-electron chi connectivity index (χ2n) is 4.31. The van der Waals surface area contributed by atoms with E-state index in [4.69, 9.17) is 0 Å². The van der Waals surface area contributed by atoms with Gasteiger partial charge in [0.05, 0.1) is 12.5 Å². The Labute approximate surface area is 89.7 Å². The summed E-state index contributed by atoms with van der Waals surface area (Å²) >= 11 is 0. The van der Waals surface area contributed by atoms with Gasteiger partial charge in [-0.05, 0) is 33.1 Å². The lowest BCUT2D eigenvalue weighted by atomic mass is 9.97. The van der Waals surface area contributed by atoms with Crippen LogP contribution in [0.4, 0.5) is 0 Å². The highest BCUT2D eigenvalue weighted by atomic mass is 16.2. The number of hydrogen-bond acceptors (Lipinski definition) is 2. The molecule has 1 N–H and O–H groups in total. The van der Waals surface area contributed by atoms with Crippen molar-refractivity contribution in [2.24, 2.45) is 0 Å². The molecule has 1 aromatic rings. The van der Waals surface area contributed by atoms with Crippen LogP contribution in [-0.4, -0.2) is 32.9 Å². The van der Waals surface area contributed by atoms with Gasteiger partial charge in [-0.1, -0.05) is 0 Å². The van der Waals surface area contributed by atoms with Gasteiger partial charge >= 0.3 is 0 Å². The van der Waals surface area contributed by atoms with Crippen molar-refractivity contribution in [2.75, 3.05) is 0 Å². The highest BCUT2D eigenvalue weighted by Crippen LogP contribution is 2.23. The van der Waals surface area contributed by atoms with Crippen LogP contribution in [0.2, 0.25) is 0 Å². The van der Waals surface area contributed by atoms with E-state index in [1.807, 2.05) is 4.90 Å². The van der Waals surface area contributed by atoms with Crippen LogP contribution in [0.3, 0.4) is 0 Å². The molecule has 0 saturated carbocycles. The summed E-state index contributed by atoms with van der Waals surface area (Å²) in [5, 5.41) is 0. The average Bonchev–Trinajstić information content (AvgIpc) is 2.69. The first-order valence-electron chi connectivity index (χ1n) is 5.51. The molecule has 15 heavy (non-hydrogen) atoms. The van der Waals surface area contributed by atoms with E-state index >= 15 is 0 Å². The molecule has 4 nitrogen and oxygen atoms in total. The fraction of sp³-hybridized carbons (Fsp3) is 0.636. The number of likely N-dealkylation sites (tertiary alicyclic amines) is 1. The van der Waals surface area contributed by atoms with Gasteiger partial charge in [0.25, 0.3) is 5.91 Å². The SMILES string of the molecule is CC1CCCC(C)N1C(=O)c1cnc[nH]1. The van der Waals surface area contributed by atoms with Gasteiger partial charge in [-0.15, -0.1) is 0 Å². The van der Waals surface area contributed by atoms with Crippen molar-refractivity contribution in [3.63, 3.8) is 0 Å². The summed E-state index contributed by atoms with van der Waals surface area (Å²) in [6.45, 7) is 4.23. The highest BCUT2D eigenvalue weighted by molar-refractivity contribution is 5.92. The zero-order chi connectivity index (χ0) is 10.8. The molecule has 0 bridgehead atoms. The van der Waals surface area contributed by atoms with Crippen LogP contribution in [0, 0.1) is 0 Å². The van der Waals surface area contributed by atoms with Crippen LogP contribution in [0.1, 0.15) is 43.6 Å². The molecular weight excluding hydrogens is 190 g/mol. The molecule has 2 atom stereocenters. The quantitative estimate of drug-likeness (QED) is 0.763. The summed E-state index contributed by atoms with van der Waals surface area (Å²) in [5.41, 5.74) is 0.593. The zero-order valence-corrected chi connectivity index (χ0v) is 9.23. The predicted molar refractivity (Wildman–Crippen MR) is 57.5 cm³/mol. The van der Waals surface area contributed by atoms with Crippen molar-refractivity contribution in [3.05, 3.63) is 18.2 Å². The van der Waals surface area contributed by atoms with Gasteiger partial charge in [0.1, 0.15) is 5.69 Å². The van der Waals surface area contributed by atoms with Crippen LogP contribution < -0.4 is 0 Å². The first kappa shape index (κ1) is 10.2. The summed E-state index contributed by atoms with van der Waals surface area (Å²) in [7, 11) is 0. The Balaban J connectivity index is 2.17. The van der Waals surface area contributed by atoms with Gasteiger partial charge in [0.15, 0.2) is 0 Å². The topological polar surface area (TPSA) is 49.0 Å². The third-order valence-electron chi connectivity index (χ3n) is 3.16. The van der Waals surface area contributed by atoms with Crippen molar-refractivity contribution in [3.8, 4) is 0 Å². The number of carbonyl (C=O) groups excluding carboxylic acids is 1. The Kier molecular flexibility index (Phi) is 2.75. The maximum atomic E-state index is 12.1. The van der Waals surface area contributed by atoms with Crippen LogP contribution in [0.15, 0.2) is 12.5 Å². The fourth-order valence-corrected chi connectivity index (χ4v) is 2.33. The lowest BCUT2D eigenvalue weighted by molar-refractivity contribution is 0.0505. The van der Waals surface area contributed by atoms with Gasteiger partial charge in [-0.3, -0.25) is 4.79 Å². The second-order valence-corrected chi connectivity index (χ2v) is 4.31. The number of carbonyl (C=O) groups is 1.